The fourth-order valence-electron chi connectivity index (χ4n) is 2.77. The molecule has 1 fully saturated rings. The molecular formula is C14H24N6O2. The first-order valence-corrected chi connectivity index (χ1v) is 7.47. The van der Waals surface area contributed by atoms with Crippen LogP contribution in [0.5, 0.6) is 0 Å². The Balaban J connectivity index is 2.13. The summed E-state index contributed by atoms with van der Waals surface area (Å²) in [7, 11) is 0. The summed E-state index contributed by atoms with van der Waals surface area (Å²) in [4.78, 5) is 26.2. The summed E-state index contributed by atoms with van der Waals surface area (Å²) in [6, 6.07) is -0.682. The maximum absolute atomic E-state index is 12.5. The van der Waals surface area contributed by atoms with Crippen molar-refractivity contribution < 1.29 is 9.59 Å². The van der Waals surface area contributed by atoms with Crippen LogP contribution < -0.4 is 16.8 Å². The molecule has 0 aliphatic carbocycles. The number of carbonyl (C=O) groups is 2. The van der Waals surface area contributed by atoms with Gasteiger partial charge in [0.25, 0.3) is 0 Å². The lowest BCUT2D eigenvalue weighted by Crippen LogP contribution is -2.47. The van der Waals surface area contributed by atoms with E-state index in [-0.39, 0.29) is 24.4 Å². The molecule has 2 rings (SSSR count). The molecule has 0 aromatic carbocycles. The Bertz CT molecular complexity index is 582. The van der Waals surface area contributed by atoms with Gasteiger partial charge in [0.2, 0.25) is 11.8 Å². The first kappa shape index (κ1) is 16.3. The molecule has 22 heavy (non-hydrogen) atoms. The third kappa shape index (κ3) is 3.06. The van der Waals surface area contributed by atoms with E-state index < -0.39 is 6.04 Å². The largest absolute Gasteiger partial charge is 0.396 e. The van der Waals surface area contributed by atoms with Gasteiger partial charge in [0.15, 0.2) is 0 Å². The van der Waals surface area contributed by atoms with Gasteiger partial charge in [-0.2, -0.15) is 5.10 Å². The maximum atomic E-state index is 12.5. The van der Waals surface area contributed by atoms with Crippen molar-refractivity contribution in [2.75, 3.05) is 18.8 Å². The van der Waals surface area contributed by atoms with Crippen LogP contribution in [0.15, 0.2) is 0 Å². The lowest BCUT2D eigenvalue weighted by molar-refractivity contribution is -0.139. The Morgan fingerprint density at radius 2 is 2.09 bits per heavy atom. The van der Waals surface area contributed by atoms with Crippen LogP contribution in [0.4, 0.5) is 5.69 Å². The SMILES string of the molecule is CCNC(=O)[C@@H]1C[C@@H](N)CN1C(=O)Cn1nc(C)c(N)c1C. The summed E-state index contributed by atoms with van der Waals surface area (Å²) in [6.45, 7) is 6.44. The quantitative estimate of drug-likeness (QED) is 0.669. The Morgan fingerprint density at radius 3 is 2.64 bits per heavy atom. The molecule has 1 aliphatic rings. The number of nitrogens with two attached hydrogens (primary N) is 2. The summed E-state index contributed by atoms with van der Waals surface area (Å²) in [6.07, 6.45) is 0.483. The van der Waals surface area contributed by atoms with Gasteiger partial charge in [-0.25, -0.2) is 0 Å². The van der Waals surface area contributed by atoms with Crippen LogP contribution in [0.25, 0.3) is 0 Å². The first-order valence-electron chi connectivity index (χ1n) is 7.47. The third-order valence-corrected chi connectivity index (χ3v) is 4.03. The number of anilines is 1. The second-order valence-corrected chi connectivity index (χ2v) is 5.69. The van der Waals surface area contributed by atoms with E-state index in [1.165, 1.54) is 0 Å². The number of aryl methyl sites for hydroxylation is 1. The summed E-state index contributed by atoms with van der Waals surface area (Å²) >= 11 is 0. The highest BCUT2D eigenvalue weighted by Crippen LogP contribution is 2.19. The lowest BCUT2D eigenvalue weighted by Gasteiger charge is -2.23. The monoisotopic (exact) mass is 308 g/mol. The number of nitrogens with one attached hydrogen (secondary N) is 1. The number of amides is 2. The Hall–Kier alpha value is -2.09. The minimum absolute atomic E-state index is 0.0620. The average molecular weight is 308 g/mol. The normalized spacial score (nSPS) is 21.2. The number of carbonyl (C=O) groups excluding carboxylic acids is 2. The predicted octanol–water partition coefficient (Wildman–Crippen LogP) is -0.854. The molecule has 8 heteroatoms. The van der Waals surface area contributed by atoms with Gasteiger partial charge in [-0.15, -0.1) is 0 Å². The molecule has 0 saturated carbocycles. The molecule has 5 N–H and O–H groups in total. The van der Waals surface area contributed by atoms with Crippen LogP contribution in [0, 0.1) is 13.8 Å². The number of likely N-dealkylation sites (tertiary alicyclic amines) is 1. The van der Waals surface area contributed by atoms with E-state index in [4.69, 9.17) is 11.5 Å². The Morgan fingerprint density at radius 1 is 1.41 bits per heavy atom. The topological polar surface area (TPSA) is 119 Å². The number of hydrogen-bond donors (Lipinski definition) is 3. The van der Waals surface area contributed by atoms with Gasteiger partial charge in [-0.1, -0.05) is 0 Å². The molecule has 2 amide bonds. The van der Waals surface area contributed by atoms with E-state index >= 15 is 0 Å². The standard InChI is InChI=1S/C14H24N6O2/c1-4-17-14(22)11-5-10(15)6-19(11)12(21)7-20-9(3)13(16)8(2)18-20/h10-11H,4-7,15-16H2,1-3H3,(H,17,22)/t10-,11+/m1/s1. The molecule has 0 bridgehead atoms. The first-order chi connectivity index (χ1) is 10.3. The number of nitrogens with zero attached hydrogens (tertiary/aromatic N) is 3. The van der Waals surface area contributed by atoms with Crippen LogP contribution in [0.3, 0.4) is 0 Å². The summed E-state index contributed by atoms with van der Waals surface area (Å²) < 4.78 is 1.58. The van der Waals surface area contributed by atoms with Crippen LogP contribution in [0.2, 0.25) is 0 Å². The fourth-order valence-corrected chi connectivity index (χ4v) is 2.77. The third-order valence-electron chi connectivity index (χ3n) is 4.03. The van der Waals surface area contributed by atoms with Crippen molar-refractivity contribution in [2.45, 2.75) is 45.8 Å². The Kier molecular flexibility index (Phi) is 4.70. The molecule has 0 radical (unpaired) electrons. The molecule has 1 aromatic heterocycles. The van der Waals surface area contributed by atoms with Gasteiger partial charge in [-0.3, -0.25) is 14.3 Å². The molecule has 0 unspecified atom stereocenters. The smallest absolute Gasteiger partial charge is 0.245 e. The van der Waals surface area contributed by atoms with Crippen LogP contribution in [-0.4, -0.2) is 51.7 Å². The van der Waals surface area contributed by atoms with Crippen molar-refractivity contribution in [3.8, 4) is 0 Å². The van der Waals surface area contributed by atoms with E-state index in [0.717, 1.165) is 5.69 Å². The minimum atomic E-state index is -0.503. The van der Waals surface area contributed by atoms with E-state index in [9.17, 15) is 9.59 Å². The van der Waals surface area contributed by atoms with Gasteiger partial charge in [-0.05, 0) is 27.2 Å². The number of nitrogen functional groups attached to an aromatic ring is 1. The van der Waals surface area contributed by atoms with Gasteiger partial charge in [0.1, 0.15) is 12.6 Å². The maximum Gasteiger partial charge on any atom is 0.245 e. The highest BCUT2D eigenvalue weighted by Gasteiger charge is 2.38. The predicted molar refractivity (Wildman–Crippen MR) is 82.9 cm³/mol. The molecule has 1 saturated heterocycles. The van der Waals surface area contributed by atoms with Gasteiger partial charge >= 0.3 is 0 Å². The van der Waals surface area contributed by atoms with E-state index in [2.05, 4.69) is 10.4 Å². The highest BCUT2D eigenvalue weighted by molar-refractivity contribution is 5.88. The lowest BCUT2D eigenvalue weighted by atomic mass is 10.1. The molecule has 1 aromatic rings. The van der Waals surface area contributed by atoms with Crippen LogP contribution in [0.1, 0.15) is 24.7 Å². The van der Waals surface area contributed by atoms with E-state index in [1.807, 2.05) is 13.8 Å². The minimum Gasteiger partial charge on any atom is -0.396 e. The van der Waals surface area contributed by atoms with Crippen molar-refractivity contribution in [3.63, 3.8) is 0 Å². The molecule has 2 heterocycles. The molecule has 8 nitrogen and oxygen atoms in total. The second kappa shape index (κ2) is 6.35. The number of hydrogen-bond acceptors (Lipinski definition) is 5. The van der Waals surface area contributed by atoms with Crippen molar-refractivity contribution in [2.24, 2.45) is 5.73 Å². The van der Waals surface area contributed by atoms with Crippen LogP contribution in [-0.2, 0) is 16.1 Å². The number of rotatable bonds is 4. The highest BCUT2D eigenvalue weighted by atomic mass is 16.2. The Labute approximate surface area is 129 Å². The van der Waals surface area contributed by atoms with Crippen molar-refractivity contribution >= 4 is 17.5 Å². The van der Waals surface area contributed by atoms with E-state index in [0.29, 0.717) is 30.9 Å². The summed E-state index contributed by atoms with van der Waals surface area (Å²) in [5, 5.41) is 7.01. The van der Waals surface area contributed by atoms with Gasteiger partial charge in [0.05, 0.1) is 17.1 Å². The zero-order valence-corrected chi connectivity index (χ0v) is 13.3. The molecule has 2 atom stereocenters. The summed E-state index contributed by atoms with van der Waals surface area (Å²) in [5.74, 6) is -0.327. The van der Waals surface area contributed by atoms with Crippen molar-refractivity contribution in [3.05, 3.63) is 11.4 Å². The van der Waals surface area contributed by atoms with Crippen LogP contribution >= 0.6 is 0 Å². The van der Waals surface area contributed by atoms with Crippen molar-refractivity contribution in [1.82, 2.24) is 20.0 Å². The zero-order chi connectivity index (χ0) is 16.4. The average Bonchev–Trinajstić information content (AvgIpc) is 2.96. The summed E-state index contributed by atoms with van der Waals surface area (Å²) in [5.41, 5.74) is 13.8. The fraction of sp³-hybridized carbons (Fsp3) is 0.643. The molecule has 122 valence electrons. The zero-order valence-electron chi connectivity index (χ0n) is 13.3. The molecule has 0 spiro atoms. The van der Waals surface area contributed by atoms with E-state index in [1.54, 1.807) is 16.5 Å². The van der Waals surface area contributed by atoms with Gasteiger partial charge in [0, 0.05) is 19.1 Å². The second-order valence-electron chi connectivity index (χ2n) is 5.69. The number of aromatic nitrogens is 2. The van der Waals surface area contributed by atoms with Gasteiger partial charge < -0.3 is 21.7 Å². The molecule has 1 aliphatic heterocycles. The molecular weight excluding hydrogens is 284 g/mol. The van der Waals surface area contributed by atoms with Crippen molar-refractivity contribution in [1.29, 1.82) is 0 Å². The number of likely N-dealkylation sites (N-methyl/N-ethyl adjacent to an activating group) is 1.